The van der Waals surface area contributed by atoms with E-state index in [0.717, 1.165) is 63.4 Å². The molecule has 2 N–H and O–H groups in total. The van der Waals surface area contributed by atoms with Gasteiger partial charge in [-0.05, 0) is 60.2 Å². The molecule has 2 aliphatic rings. The van der Waals surface area contributed by atoms with Crippen molar-refractivity contribution < 1.29 is 21.6 Å². The van der Waals surface area contributed by atoms with Gasteiger partial charge in [-0.3, -0.25) is 9.44 Å². The van der Waals surface area contributed by atoms with E-state index in [4.69, 9.17) is 4.74 Å². The van der Waals surface area contributed by atoms with E-state index in [1.807, 2.05) is 30.3 Å². The number of sulfonamides is 2. The van der Waals surface area contributed by atoms with Crippen molar-refractivity contribution >= 4 is 31.4 Å². The lowest BCUT2D eigenvalue weighted by Crippen LogP contribution is -2.49. The maximum absolute atomic E-state index is 11.5. The Morgan fingerprint density at radius 2 is 1.48 bits per heavy atom. The largest absolute Gasteiger partial charge is 0.370 e. The number of likely N-dealkylation sites (tertiary alicyclic amines) is 1. The summed E-state index contributed by atoms with van der Waals surface area (Å²) >= 11 is 0. The third-order valence-corrected chi connectivity index (χ3v) is 7.51. The summed E-state index contributed by atoms with van der Waals surface area (Å²) in [6, 6.07) is 13.2. The molecular formula is C23H31N3O5S2. The van der Waals surface area contributed by atoms with Crippen molar-refractivity contribution in [3.05, 3.63) is 59.2 Å². The third kappa shape index (κ3) is 6.69. The van der Waals surface area contributed by atoms with Crippen molar-refractivity contribution in [1.82, 2.24) is 4.90 Å². The van der Waals surface area contributed by atoms with E-state index in [2.05, 4.69) is 14.3 Å². The molecule has 0 aliphatic carbocycles. The molecule has 0 aromatic heterocycles. The minimum Gasteiger partial charge on any atom is -0.370 e. The smallest absolute Gasteiger partial charge is 0.229 e. The molecule has 10 heteroatoms. The van der Waals surface area contributed by atoms with Crippen molar-refractivity contribution in [1.29, 1.82) is 0 Å². The Morgan fingerprint density at radius 1 is 0.879 bits per heavy atom. The Labute approximate surface area is 196 Å². The highest BCUT2D eigenvalue weighted by Crippen LogP contribution is 2.37. The Kier molecular flexibility index (Phi) is 6.73. The molecule has 0 atom stereocenters. The molecule has 2 heterocycles. The van der Waals surface area contributed by atoms with E-state index < -0.39 is 20.0 Å². The van der Waals surface area contributed by atoms with E-state index in [0.29, 0.717) is 18.0 Å². The van der Waals surface area contributed by atoms with Crippen LogP contribution in [0.4, 0.5) is 11.4 Å². The number of nitrogens with one attached hydrogen (secondary N) is 2. The molecule has 8 nitrogen and oxygen atoms in total. The van der Waals surface area contributed by atoms with E-state index >= 15 is 0 Å². The number of nitrogens with zero attached hydrogens (tertiary/aromatic N) is 1. The monoisotopic (exact) mass is 493 g/mol. The number of hydrogen-bond acceptors (Lipinski definition) is 6. The minimum absolute atomic E-state index is 0.145. The zero-order chi connectivity index (χ0) is 23.7. The van der Waals surface area contributed by atoms with Crippen molar-refractivity contribution in [3.8, 4) is 0 Å². The third-order valence-electron chi connectivity index (χ3n) is 6.30. The number of rotatable bonds is 7. The Balaban J connectivity index is 1.28. The van der Waals surface area contributed by atoms with Gasteiger partial charge in [-0.1, -0.05) is 18.2 Å². The first-order chi connectivity index (χ1) is 15.5. The predicted molar refractivity (Wildman–Crippen MR) is 130 cm³/mol. The molecule has 2 aromatic carbocycles. The maximum Gasteiger partial charge on any atom is 0.229 e. The lowest BCUT2D eigenvalue weighted by molar-refractivity contribution is -0.102. The normalized spacial score (nSPS) is 18.6. The molecule has 2 aliphatic heterocycles. The first kappa shape index (κ1) is 24.0. The lowest BCUT2D eigenvalue weighted by Gasteiger charge is -2.44. The van der Waals surface area contributed by atoms with Gasteiger partial charge in [-0.25, -0.2) is 16.8 Å². The quantitative estimate of drug-likeness (QED) is 0.614. The summed E-state index contributed by atoms with van der Waals surface area (Å²) in [6.07, 6.45) is 5.99. The van der Waals surface area contributed by atoms with Crippen LogP contribution >= 0.6 is 0 Å². The number of piperidine rings is 1. The van der Waals surface area contributed by atoms with Gasteiger partial charge in [0.1, 0.15) is 0 Å². The molecule has 0 saturated carbocycles. The summed E-state index contributed by atoms with van der Waals surface area (Å²) in [6.45, 7) is 3.39. The zero-order valence-electron chi connectivity index (χ0n) is 19.0. The zero-order valence-corrected chi connectivity index (χ0v) is 20.6. The van der Waals surface area contributed by atoms with Gasteiger partial charge in [0.05, 0.1) is 24.7 Å². The van der Waals surface area contributed by atoms with Crippen LogP contribution in [0.15, 0.2) is 42.5 Å². The highest BCUT2D eigenvalue weighted by molar-refractivity contribution is 7.92. The van der Waals surface area contributed by atoms with Crippen LogP contribution in [0.3, 0.4) is 0 Å². The van der Waals surface area contributed by atoms with Gasteiger partial charge in [0.25, 0.3) is 0 Å². The molecule has 0 amide bonds. The summed E-state index contributed by atoms with van der Waals surface area (Å²) in [4.78, 5) is 2.45. The van der Waals surface area contributed by atoms with Gasteiger partial charge in [0, 0.05) is 37.4 Å². The molecule has 1 spiro atoms. The van der Waals surface area contributed by atoms with Gasteiger partial charge < -0.3 is 9.64 Å². The van der Waals surface area contributed by atoms with E-state index in [-0.39, 0.29) is 5.60 Å². The van der Waals surface area contributed by atoms with Gasteiger partial charge in [-0.15, -0.1) is 0 Å². The average molecular weight is 494 g/mol. The maximum atomic E-state index is 11.5. The summed E-state index contributed by atoms with van der Waals surface area (Å²) in [5.74, 6) is 0. The summed E-state index contributed by atoms with van der Waals surface area (Å²) < 4.78 is 56.9. The molecule has 180 valence electrons. The lowest BCUT2D eigenvalue weighted by atomic mass is 9.81. The van der Waals surface area contributed by atoms with Crippen LogP contribution in [-0.2, 0) is 44.2 Å². The Morgan fingerprint density at radius 3 is 2.12 bits per heavy atom. The van der Waals surface area contributed by atoms with Crippen molar-refractivity contribution in [3.63, 3.8) is 0 Å². The summed E-state index contributed by atoms with van der Waals surface area (Å²) in [5.41, 5.74) is 4.47. The minimum atomic E-state index is -3.30. The van der Waals surface area contributed by atoms with Crippen molar-refractivity contribution in [2.24, 2.45) is 0 Å². The standard InChI is InChI=1S/C23H31N3O5S2/c1-32(27,28)24-21-6-3-18(4-7-21)9-12-26-13-10-23(11-14-26)16-19-5-8-22(25-33(2,29)30)15-20(19)17-31-23/h3-8,15,24-25H,9-14,16-17H2,1-2H3. The molecule has 2 aromatic rings. The first-order valence-electron chi connectivity index (χ1n) is 11.0. The molecule has 4 rings (SSSR count). The molecule has 0 bridgehead atoms. The second-order valence-corrected chi connectivity index (χ2v) is 12.7. The van der Waals surface area contributed by atoms with Gasteiger partial charge in [0.2, 0.25) is 20.0 Å². The molecular weight excluding hydrogens is 462 g/mol. The van der Waals surface area contributed by atoms with Crippen LogP contribution in [0, 0.1) is 0 Å². The number of fused-ring (bicyclic) bond motifs is 1. The topological polar surface area (TPSA) is 105 Å². The van der Waals surface area contributed by atoms with E-state index in [1.165, 1.54) is 11.1 Å². The van der Waals surface area contributed by atoms with Crippen LogP contribution in [0.1, 0.15) is 29.5 Å². The number of anilines is 2. The molecule has 1 fully saturated rings. The molecule has 0 unspecified atom stereocenters. The van der Waals surface area contributed by atoms with Gasteiger partial charge in [-0.2, -0.15) is 0 Å². The van der Waals surface area contributed by atoms with Crippen LogP contribution in [0.25, 0.3) is 0 Å². The summed E-state index contributed by atoms with van der Waals surface area (Å²) in [5, 5.41) is 0. The summed E-state index contributed by atoms with van der Waals surface area (Å²) in [7, 11) is -6.55. The number of benzene rings is 2. The second-order valence-electron chi connectivity index (χ2n) is 9.17. The van der Waals surface area contributed by atoms with Crippen LogP contribution < -0.4 is 9.44 Å². The number of hydrogen-bond donors (Lipinski definition) is 2. The fourth-order valence-corrected chi connectivity index (χ4v) is 5.70. The van der Waals surface area contributed by atoms with Gasteiger partial charge >= 0.3 is 0 Å². The van der Waals surface area contributed by atoms with E-state index in [1.54, 1.807) is 12.1 Å². The predicted octanol–water partition coefficient (Wildman–Crippen LogP) is 2.58. The van der Waals surface area contributed by atoms with E-state index in [9.17, 15) is 16.8 Å². The highest BCUT2D eigenvalue weighted by Gasteiger charge is 2.38. The Hall–Kier alpha value is -2.14. The fraction of sp³-hybridized carbons (Fsp3) is 0.478. The average Bonchev–Trinajstić information content (AvgIpc) is 2.72. The Bertz CT molecular complexity index is 1200. The van der Waals surface area contributed by atoms with Crippen LogP contribution in [0.2, 0.25) is 0 Å². The van der Waals surface area contributed by atoms with Crippen LogP contribution in [0.5, 0.6) is 0 Å². The fourth-order valence-electron chi connectivity index (χ4n) is 4.59. The SMILES string of the molecule is CS(=O)(=O)Nc1ccc(CCN2CCC3(CC2)Cc2ccc(NS(C)(=O)=O)cc2CO3)cc1. The molecule has 1 saturated heterocycles. The second kappa shape index (κ2) is 9.25. The van der Waals surface area contributed by atoms with Gasteiger partial charge in [0.15, 0.2) is 0 Å². The van der Waals surface area contributed by atoms with Crippen molar-refractivity contribution in [2.75, 3.05) is 41.6 Å². The first-order valence-corrected chi connectivity index (χ1v) is 14.8. The molecule has 0 radical (unpaired) electrons. The number of ether oxygens (including phenoxy) is 1. The molecule has 33 heavy (non-hydrogen) atoms. The highest BCUT2D eigenvalue weighted by atomic mass is 32.2. The van der Waals surface area contributed by atoms with Crippen molar-refractivity contribution in [2.45, 2.75) is 37.9 Å². The van der Waals surface area contributed by atoms with Crippen LogP contribution in [-0.4, -0.2) is 59.5 Å².